The van der Waals surface area contributed by atoms with Crippen molar-refractivity contribution in [2.45, 2.75) is 32.4 Å². The summed E-state index contributed by atoms with van der Waals surface area (Å²) in [6.45, 7) is 4.79. The Morgan fingerprint density at radius 2 is 2.04 bits per heavy atom. The van der Waals surface area contributed by atoms with Crippen LogP contribution in [0.4, 0.5) is 5.95 Å². The summed E-state index contributed by atoms with van der Waals surface area (Å²) in [6, 6.07) is 10.9. The summed E-state index contributed by atoms with van der Waals surface area (Å²) in [7, 11) is 0. The smallest absolute Gasteiger partial charge is 0.231 e. The first kappa shape index (κ1) is 15.3. The molecule has 126 valence electrons. The third-order valence-electron chi connectivity index (χ3n) is 5.02. The topological polar surface area (TPSA) is 63.1 Å². The molecule has 1 aromatic carbocycles. The lowest BCUT2D eigenvalue weighted by Gasteiger charge is -2.16. The molecule has 0 radical (unpaired) electrons. The van der Waals surface area contributed by atoms with Gasteiger partial charge in [-0.2, -0.15) is 0 Å². The fourth-order valence-electron chi connectivity index (χ4n) is 3.53. The Balaban J connectivity index is 1.38. The van der Waals surface area contributed by atoms with Crippen LogP contribution in [-0.4, -0.2) is 38.7 Å². The van der Waals surface area contributed by atoms with E-state index in [9.17, 15) is 4.79 Å². The Morgan fingerprint density at radius 3 is 2.79 bits per heavy atom. The Hall–Kier alpha value is -2.21. The van der Waals surface area contributed by atoms with Crippen LogP contribution in [0, 0.1) is 11.8 Å². The lowest BCUT2D eigenvalue weighted by Crippen LogP contribution is -2.29. The second-order valence-corrected chi connectivity index (χ2v) is 7.05. The maximum Gasteiger partial charge on any atom is 0.231 e. The molecule has 2 atom stereocenters. The Bertz CT molecular complexity index is 709. The van der Waals surface area contributed by atoms with E-state index in [1.54, 1.807) is 6.33 Å². The van der Waals surface area contributed by atoms with E-state index in [-0.39, 0.29) is 11.8 Å². The van der Waals surface area contributed by atoms with Crippen LogP contribution in [-0.2, 0) is 11.3 Å². The number of likely N-dealkylation sites (tertiary alicyclic amines) is 1. The number of nitrogens with one attached hydrogen (secondary N) is 1. The van der Waals surface area contributed by atoms with Gasteiger partial charge in [-0.25, -0.2) is 0 Å². The molecule has 6 heteroatoms. The zero-order chi connectivity index (χ0) is 16.5. The molecule has 2 aromatic rings. The molecular weight excluding hydrogens is 302 g/mol. The van der Waals surface area contributed by atoms with Crippen molar-refractivity contribution in [3.05, 3.63) is 42.2 Å². The number of anilines is 1. The normalized spacial score (nSPS) is 24.2. The molecular formula is C18H23N5O. The van der Waals surface area contributed by atoms with Gasteiger partial charge < -0.3 is 0 Å². The summed E-state index contributed by atoms with van der Waals surface area (Å²) in [5.41, 5.74) is 1.29. The minimum Gasteiger partial charge on any atom is -0.298 e. The van der Waals surface area contributed by atoms with E-state index >= 15 is 0 Å². The molecule has 2 aliphatic rings. The molecule has 24 heavy (non-hydrogen) atoms. The number of aromatic nitrogens is 3. The minimum atomic E-state index is -0.00179. The quantitative estimate of drug-likeness (QED) is 0.916. The Morgan fingerprint density at radius 1 is 1.25 bits per heavy atom. The van der Waals surface area contributed by atoms with E-state index in [1.165, 1.54) is 5.56 Å². The van der Waals surface area contributed by atoms with Crippen molar-refractivity contribution in [3.8, 4) is 0 Å². The number of amides is 1. The van der Waals surface area contributed by atoms with Crippen molar-refractivity contribution in [3.63, 3.8) is 0 Å². The lowest BCUT2D eigenvalue weighted by molar-refractivity contribution is -0.120. The van der Waals surface area contributed by atoms with Gasteiger partial charge in [-0.3, -0.25) is 19.6 Å². The number of carbonyl (C=O) groups is 1. The largest absolute Gasteiger partial charge is 0.298 e. The second-order valence-electron chi connectivity index (χ2n) is 7.05. The highest BCUT2D eigenvalue weighted by Gasteiger charge is 2.36. The van der Waals surface area contributed by atoms with Crippen LogP contribution < -0.4 is 5.32 Å². The fraction of sp³-hybridized carbons (Fsp3) is 0.500. The molecule has 2 fully saturated rings. The van der Waals surface area contributed by atoms with E-state index in [4.69, 9.17) is 0 Å². The molecule has 1 aliphatic heterocycles. The summed E-state index contributed by atoms with van der Waals surface area (Å²) in [5, 5.41) is 11.0. The van der Waals surface area contributed by atoms with E-state index in [2.05, 4.69) is 51.6 Å². The van der Waals surface area contributed by atoms with Gasteiger partial charge in [0, 0.05) is 25.7 Å². The molecule has 0 unspecified atom stereocenters. The lowest BCUT2D eigenvalue weighted by atomic mass is 9.97. The van der Waals surface area contributed by atoms with Gasteiger partial charge in [0.15, 0.2) is 0 Å². The first-order chi connectivity index (χ1) is 11.7. The predicted molar refractivity (Wildman–Crippen MR) is 91.3 cm³/mol. The Labute approximate surface area is 141 Å². The maximum atomic E-state index is 12.7. The molecule has 1 aliphatic carbocycles. The summed E-state index contributed by atoms with van der Waals surface area (Å²) < 4.78 is 1.99. The molecule has 1 saturated heterocycles. The van der Waals surface area contributed by atoms with Crippen LogP contribution in [0.3, 0.4) is 0 Å². The molecule has 1 aromatic heterocycles. The molecule has 4 rings (SSSR count). The highest BCUT2D eigenvalue weighted by Crippen LogP contribution is 2.36. The van der Waals surface area contributed by atoms with Gasteiger partial charge in [0.1, 0.15) is 6.33 Å². The van der Waals surface area contributed by atoms with Crippen LogP contribution in [0.25, 0.3) is 0 Å². The van der Waals surface area contributed by atoms with E-state index in [1.807, 2.05) is 10.6 Å². The van der Waals surface area contributed by atoms with Gasteiger partial charge in [0.25, 0.3) is 0 Å². The van der Waals surface area contributed by atoms with Crippen molar-refractivity contribution in [1.29, 1.82) is 0 Å². The molecule has 0 bridgehead atoms. The van der Waals surface area contributed by atoms with Crippen molar-refractivity contribution < 1.29 is 4.79 Å². The first-order valence-corrected chi connectivity index (χ1v) is 8.67. The van der Waals surface area contributed by atoms with Gasteiger partial charge in [0.2, 0.25) is 11.9 Å². The average Bonchev–Trinajstić information content (AvgIpc) is 3.21. The number of hydrogen-bond acceptors (Lipinski definition) is 4. The molecule has 1 saturated carbocycles. The van der Waals surface area contributed by atoms with Gasteiger partial charge in [-0.1, -0.05) is 37.3 Å². The third kappa shape index (κ3) is 3.19. The van der Waals surface area contributed by atoms with Crippen molar-refractivity contribution in [1.82, 2.24) is 19.7 Å². The second kappa shape index (κ2) is 6.36. The molecule has 1 amide bonds. The Kier molecular flexibility index (Phi) is 4.06. The first-order valence-electron chi connectivity index (χ1n) is 8.67. The number of benzene rings is 1. The molecule has 2 heterocycles. The van der Waals surface area contributed by atoms with Crippen molar-refractivity contribution in [2.24, 2.45) is 11.8 Å². The van der Waals surface area contributed by atoms with Crippen LogP contribution >= 0.6 is 0 Å². The van der Waals surface area contributed by atoms with Crippen molar-refractivity contribution in [2.75, 3.05) is 18.4 Å². The molecule has 6 nitrogen and oxygen atoms in total. The van der Waals surface area contributed by atoms with E-state index < -0.39 is 0 Å². The fourth-order valence-corrected chi connectivity index (χ4v) is 3.53. The van der Waals surface area contributed by atoms with Crippen molar-refractivity contribution >= 4 is 11.9 Å². The number of hydrogen-bond donors (Lipinski definition) is 1. The zero-order valence-corrected chi connectivity index (χ0v) is 13.9. The van der Waals surface area contributed by atoms with Gasteiger partial charge >= 0.3 is 0 Å². The number of rotatable bonds is 5. The summed E-state index contributed by atoms with van der Waals surface area (Å²) >= 11 is 0. The summed E-state index contributed by atoms with van der Waals surface area (Å²) in [5.74, 6) is 0.994. The van der Waals surface area contributed by atoms with Crippen LogP contribution in [0.15, 0.2) is 36.7 Å². The van der Waals surface area contributed by atoms with Crippen LogP contribution in [0.1, 0.15) is 31.4 Å². The van der Waals surface area contributed by atoms with Gasteiger partial charge in [-0.05, 0) is 24.3 Å². The van der Waals surface area contributed by atoms with Crippen LogP contribution in [0.5, 0.6) is 0 Å². The monoisotopic (exact) mass is 325 g/mol. The van der Waals surface area contributed by atoms with E-state index in [0.717, 1.165) is 32.5 Å². The predicted octanol–water partition coefficient (Wildman–Crippen LogP) is 2.32. The average molecular weight is 325 g/mol. The molecule has 0 spiro atoms. The number of nitrogens with zero attached hydrogens (tertiary/aromatic N) is 4. The maximum absolute atomic E-state index is 12.7. The highest BCUT2D eigenvalue weighted by atomic mass is 16.2. The van der Waals surface area contributed by atoms with E-state index in [0.29, 0.717) is 17.9 Å². The van der Waals surface area contributed by atoms with Gasteiger partial charge in [-0.15, -0.1) is 10.2 Å². The molecule has 1 N–H and O–H groups in total. The zero-order valence-electron chi connectivity index (χ0n) is 13.9. The standard InChI is InChI=1S/C18H23N5O/c1-13-9-22(10-14-5-3-2-4-6-14)11-16(13)17(24)20-18-21-19-12-23(18)15-7-8-15/h2-6,12-13,15-16H,7-11H2,1H3,(H,20,21,24)/t13-,16-/m1/s1. The SMILES string of the molecule is C[C@@H]1CN(Cc2ccccc2)C[C@H]1C(=O)Nc1nncn1C1CC1. The van der Waals surface area contributed by atoms with Crippen LogP contribution in [0.2, 0.25) is 0 Å². The highest BCUT2D eigenvalue weighted by molar-refractivity contribution is 5.91. The minimum absolute atomic E-state index is 0.00179. The summed E-state index contributed by atoms with van der Waals surface area (Å²) in [4.78, 5) is 15.1. The number of carbonyl (C=O) groups excluding carboxylic acids is 1. The summed E-state index contributed by atoms with van der Waals surface area (Å²) in [6.07, 6.45) is 4.00. The third-order valence-corrected chi connectivity index (χ3v) is 5.02. The van der Waals surface area contributed by atoms with Gasteiger partial charge in [0.05, 0.1) is 5.92 Å².